The van der Waals surface area contributed by atoms with Gasteiger partial charge in [0.1, 0.15) is 0 Å². The molecular formula is C56H68Cl4N10O6. The Morgan fingerprint density at radius 1 is 0.539 bits per heavy atom. The van der Waals surface area contributed by atoms with Crippen molar-refractivity contribution >= 4 is 58.5 Å². The highest BCUT2D eigenvalue weighted by Gasteiger charge is 2.29. The lowest BCUT2D eigenvalue weighted by atomic mass is 9.84. The van der Waals surface area contributed by atoms with Gasteiger partial charge in [0.2, 0.25) is 0 Å². The van der Waals surface area contributed by atoms with Gasteiger partial charge in [-0.2, -0.15) is 0 Å². The van der Waals surface area contributed by atoms with Gasteiger partial charge in [-0.25, -0.2) is 19.6 Å². The number of fused-ring (bicyclic) bond motifs is 2. The zero-order valence-corrected chi connectivity index (χ0v) is 46.2. The second kappa shape index (κ2) is 28.9. The minimum Gasteiger partial charge on any atom is -0.377 e. The molecule has 0 unspecified atom stereocenters. The van der Waals surface area contributed by atoms with Gasteiger partial charge in [0.25, 0.3) is 0 Å². The van der Waals surface area contributed by atoms with Crippen LogP contribution in [0.5, 0.6) is 0 Å². The van der Waals surface area contributed by atoms with Crippen LogP contribution in [0.4, 0.5) is 9.59 Å². The van der Waals surface area contributed by atoms with Crippen molar-refractivity contribution in [1.82, 2.24) is 50.2 Å². The van der Waals surface area contributed by atoms with Gasteiger partial charge in [0, 0.05) is 121 Å². The standard InChI is InChI=1S/C56H68Cl4N10O6/c1-67-31-47(45-27-43(57)29-51(59)49(45)33-67)39-7-5-9-41(25-39)53-35-69(37-65-53)15-19-75-23-21-73-17-13-63-55(71)61-11-3-4-12-62-56(72)64-14-18-74-22-24-76-20-16-70-36-54(66-38-70)42-10-6-8-40(26-42)48-32-68(2)34-50-46(48)28-44(58)30-52(50)60/h5-10,25-30,35-38,47-48H,3-4,11-24,31-34H2,1-2H3,(H2,61,63,71)(H2,62,64,72)/t47-,48-/m0/s1. The van der Waals surface area contributed by atoms with E-state index in [0.717, 1.165) is 72.7 Å². The molecule has 2 atom stereocenters. The van der Waals surface area contributed by atoms with Gasteiger partial charge in [0.15, 0.2) is 0 Å². The first-order valence-electron chi connectivity index (χ1n) is 25.9. The summed E-state index contributed by atoms with van der Waals surface area (Å²) in [6, 6.07) is 24.2. The molecule has 6 aromatic rings. The first-order valence-corrected chi connectivity index (χ1v) is 27.4. The third-order valence-electron chi connectivity index (χ3n) is 13.4. The van der Waals surface area contributed by atoms with E-state index < -0.39 is 0 Å². The first-order chi connectivity index (χ1) is 37.0. The number of halogens is 4. The van der Waals surface area contributed by atoms with Crippen LogP contribution in [0, 0.1) is 0 Å². The molecule has 0 aliphatic carbocycles. The summed E-state index contributed by atoms with van der Waals surface area (Å²) in [5.74, 6) is 0.304. The molecule has 0 saturated heterocycles. The molecule has 16 nitrogen and oxygen atoms in total. The highest BCUT2D eigenvalue weighted by Crippen LogP contribution is 2.41. The summed E-state index contributed by atoms with van der Waals surface area (Å²) in [4.78, 5) is 38.2. The van der Waals surface area contributed by atoms with Crippen LogP contribution < -0.4 is 21.3 Å². The molecule has 2 aliphatic rings. The number of rotatable bonds is 27. The Bertz CT molecular complexity index is 2660. The van der Waals surface area contributed by atoms with Gasteiger partial charge < -0.3 is 59.1 Å². The Morgan fingerprint density at radius 3 is 1.38 bits per heavy atom. The molecule has 2 aliphatic heterocycles. The number of imidazole rings is 2. The molecule has 20 heteroatoms. The fourth-order valence-corrected chi connectivity index (χ4v) is 10.7. The van der Waals surface area contributed by atoms with Crippen molar-refractivity contribution in [3.8, 4) is 22.5 Å². The molecule has 0 saturated carbocycles. The molecule has 8 rings (SSSR count). The van der Waals surface area contributed by atoms with Crippen LogP contribution in [-0.4, -0.2) is 147 Å². The van der Waals surface area contributed by atoms with Crippen molar-refractivity contribution in [3.05, 3.63) is 151 Å². The minimum atomic E-state index is -0.261. The van der Waals surface area contributed by atoms with E-state index in [-0.39, 0.29) is 23.9 Å². The monoisotopic (exact) mass is 1120 g/mol. The van der Waals surface area contributed by atoms with Gasteiger partial charge in [-0.1, -0.05) is 82.8 Å². The maximum atomic E-state index is 12.2. The number of nitrogens with zero attached hydrogens (tertiary/aromatic N) is 6. The fraction of sp³-hybridized carbons (Fsp3) is 0.429. The third-order valence-corrected chi connectivity index (χ3v) is 14.5. The SMILES string of the molecule is CN1Cc2c(Cl)cc(Cl)cc2[C@H](c2cccc(-c3cn(CCOCCOCCNC(=O)NCCCCNC(=O)NCCOCCOCCn4cnc(-c5cccc([C@@H]6CN(C)Cc7c(Cl)cc(Cl)cc76)c5)c4)cn3)c2)C1. The number of benzene rings is 4. The lowest BCUT2D eigenvalue weighted by Gasteiger charge is -2.33. The van der Waals surface area contributed by atoms with Gasteiger partial charge in [-0.05, 0) is 96.7 Å². The van der Waals surface area contributed by atoms with E-state index in [4.69, 9.17) is 65.4 Å². The van der Waals surface area contributed by atoms with Crippen molar-refractivity contribution in [2.45, 2.75) is 50.9 Å². The van der Waals surface area contributed by atoms with E-state index >= 15 is 0 Å². The molecule has 406 valence electrons. The van der Waals surface area contributed by atoms with E-state index in [1.807, 2.05) is 58.4 Å². The van der Waals surface area contributed by atoms with Crippen LogP contribution >= 0.6 is 46.4 Å². The van der Waals surface area contributed by atoms with E-state index in [1.54, 1.807) is 0 Å². The second-order valence-corrected chi connectivity index (χ2v) is 20.9. The Hall–Kier alpha value is -5.24. The number of ether oxygens (including phenoxy) is 4. The minimum absolute atomic E-state index is 0.152. The zero-order valence-electron chi connectivity index (χ0n) is 43.2. The molecule has 4 amide bonds. The number of nitrogens with one attached hydrogen (secondary N) is 4. The molecule has 76 heavy (non-hydrogen) atoms. The summed E-state index contributed by atoms with van der Waals surface area (Å²) in [7, 11) is 4.22. The van der Waals surface area contributed by atoms with E-state index in [9.17, 15) is 9.59 Å². The van der Waals surface area contributed by atoms with Crippen LogP contribution in [0.2, 0.25) is 20.1 Å². The maximum absolute atomic E-state index is 12.2. The zero-order chi connectivity index (χ0) is 53.2. The maximum Gasteiger partial charge on any atom is 0.314 e. The largest absolute Gasteiger partial charge is 0.377 e. The molecule has 2 aromatic heterocycles. The summed E-state index contributed by atoms with van der Waals surface area (Å²) in [6.07, 6.45) is 9.15. The summed E-state index contributed by atoms with van der Waals surface area (Å²) in [6.45, 7) is 9.87. The predicted molar refractivity (Wildman–Crippen MR) is 300 cm³/mol. The Kier molecular flexibility index (Phi) is 21.7. The average Bonchev–Trinajstić information content (AvgIpc) is 4.14. The highest BCUT2D eigenvalue weighted by molar-refractivity contribution is 6.35. The van der Waals surface area contributed by atoms with Crippen LogP contribution in [0.1, 0.15) is 58.1 Å². The Morgan fingerprint density at radius 2 is 0.947 bits per heavy atom. The van der Waals surface area contributed by atoms with Crippen LogP contribution in [0.3, 0.4) is 0 Å². The third kappa shape index (κ3) is 16.6. The summed E-state index contributed by atoms with van der Waals surface area (Å²) in [5.41, 5.74) is 10.9. The smallest absolute Gasteiger partial charge is 0.314 e. The lowest BCUT2D eigenvalue weighted by molar-refractivity contribution is 0.0464. The Labute approximate surface area is 465 Å². The number of urea groups is 2. The fourth-order valence-electron chi connectivity index (χ4n) is 9.59. The van der Waals surface area contributed by atoms with Gasteiger partial charge >= 0.3 is 12.1 Å². The normalized spacial score (nSPS) is 15.6. The first kappa shape index (κ1) is 56.9. The van der Waals surface area contributed by atoms with E-state index in [0.29, 0.717) is 112 Å². The van der Waals surface area contributed by atoms with Crippen molar-refractivity contribution in [2.75, 3.05) is 106 Å². The highest BCUT2D eigenvalue weighted by atomic mass is 35.5. The second-order valence-electron chi connectivity index (χ2n) is 19.2. The molecule has 0 spiro atoms. The van der Waals surface area contributed by atoms with Crippen LogP contribution in [-0.2, 0) is 45.1 Å². The Balaban J connectivity index is 0.585. The van der Waals surface area contributed by atoms with Gasteiger partial charge in [-0.15, -0.1) is 0 Å². The number of unbranched alkanes of at least 4 members (excludes halogenated alkanes) is 1. The summed E-state index contributed by atoms with van der Waals surface area (Å²) >= 11 is 26.0. The average molecular weight is 1120 g/mol. The van der Waals surface area contributed by atoms with Gasteiger partial charge in [-0.3, -0.25) is 0 Å². The van der Waals surface area contributed by atoms with Gasteiger partial charge in [0.05, 0.1) is 76.9 Å². The number of carbonyl (C=O) groups excluding carboxylic acids is 2. The quantitative estimate of drug-likeness (QED) is 0.0366. The summed E-state index contributed by atoms with van der Waals surface area (Å²) in [5, 5.41) is 14.0. The number of likely N-dealkylation sites (N-methyl/N-ethyl adjacent to an activating group) is 2. The van der Waals surface area contributed by atoms with Crippen molar-refractivity contribution < 1.29 is 28.5 Å². The number of hydrogen-bond acceptors (Lipinski definition) is 10. The van der Waals surface area contributed by atoms with Crippen molar-refractivity contribution in [2.24, 2.45) is 0 Å². The number of hydrogen-bond donors (Lipinski definition) is 4. The van der Waals surface area contributed by atoms with Crippen molar-refractivity contribution in [3.63, 3.8) is 0 Å². The number of aromatic nitrogens is 4. The van der Waals surface area contributed by atoms with Crippen LogP contribution in [0.25, 0.3) is 22.5 Å². The van der Waals surface area contributed by atoms with Crippen LogP contribution in [0.15, 0.2) is 97.8 Å². The molecular weight excluding hydrogens is 1050 g/mol. The molecule has 4 aromatic carbocycles. The number of amides is 4. The molecule has 0 bridgehead atoms. The predicted octanol–water partition coefficient (Wildman–Crippen LogP) is 9.33. The molecule has 4 N–H and O–H groups in total. The molecule has 0 radical (unpaired) electrons. The summed E-state index contributed by atoms with van der Waals surface area (Å²) < 4.78 is 26.8. The molecule has 0 fully saturated rings. The lowest BCUT2D eigenvalue weighted by Crippen LogP contribution is -2.39. The number of carbonyl (C=O) groups is 2. The topological polar surface area (TPSA) is 161 Å². The van der Waals surface area contributed by atoms with E-state index in [1.165, 1.54) is 22.3 Å². The molecule has 4 heterocycles. The van der Waals surface area contributed by atoms with Crippen molar-refractivity contribution in [1.29, 1.82) is 0 Å². The van der Waals surface area contributed by atoms with E-state index in [2.05, 4.69) is 104 Å².